The van der Waals surface area contributed by atoms with E-state index in [1.54, 1.807) is 6.26 Å². The van der Waals surface area contributed by atoms with Gasteiger partial charge >= 0.3 is 0 Å². The van der Waals surface area contributed by atoms with Crippen LogP contribution in [0.2, 0.25) is 0 Å². The van der Waals surface area contributed by atoms with Crippen molar-refractivity contribution in [3.05, 3.63) is 41.1 Å². The third-order valence-corrected chi connectivity index (χ3v) is 5.41. The summed E-state index contributed by atoms with van der Waals surface area (Å²) >= 11 is 0. The molecule has 3 heterocycles. The number of furan rings is 1. The normalized spacial score (nSPS) is 21.4. The fourth-order valence-corrected chi connectivity index (χ4v) is 4.21. The number of aromatic nitrogens is 2. The van der Waals surface area contributed by atoms with E-state index in [1.165, 1.54) is 18.4 Å². The molecule has 1 atom stereocenters. The first-order valence-electron chi connectivity index (χ1n) is 9.15. The highest BCUT2D eigenvalue weighted by Crippen LogP contribution is 2.33. The minimum atomic E-state index is 0.0455. The number of amides is 1. The van der Waals surface area contributed by atoms with E-state index in [-0.39, 0.29) is 11.9 Å². The largest absolute Gasteiger partial charge is 0.467 e. The van der Waals surface area contributed by atoms with E-state index in [1.807, 2.05) is 28.8 Å². The summed E-state index contributed by atoms with van der Waals surface area (Å²) in [4.78, 5) is 15.5. The second-order valence-electron chi connectivity index (χ2n) is 6.98. The van der Waals surface area contributed by atoms with Crippen LogP contribution >= 0.6 is 0 Å². The highest BCUT2D eigenvalue weighted by atomic mass is 16.3. The van der Waals surface area contributed by atoms with Gasteiger partial charge in [0.15, 0.2) is 0 Å². The standard InChI is InChI=1S/C19H25N3O2/c1-21-18(14-8-4-5-9-15(14)20-21)19(23)22-12-6-2-3-10-16(22)17-11-7-13-24-17/h7,11,13,16H,2-6,8-10,12H2,1H3/t16-/m0/s1. The lowest BCUT2D eigenvalue weighted by Crippen LogP contribution is -2.36. The summed E-state index contributed by atoms with van der Waals surface area (Å²) in [6.07, 6.45) is 10.3. The fraction of sp³-hybridized carbons (Fsp3) is 0.579. The number of rotatable bonds is 2. The van der Waals surface area contributed by atoms with E-state index in [2.05, 4.69) is 5.10 Å². The molecule has 24 heavy (non-hydrogen) atoms. The van der Waals surface area contributed by atoms with Crippen LogP contribution in [-0.2, 0) is 19.9 Å². The van der Waals surface area contributed by atoms with Crippen molar-refractivity contribution in [3.63, 3.8) is 0 Å². The van der Waals surface area contributed by atoms with Gasteiger partial charge in [0, 0.05) is 19.2 Å². The maximum absolute atomic E-state index is 13.4. The van der Waals surface area contributed by atoms with Gasteiger partial charge in [-0.3, -0.25) is 9.48 Å². The summed E-state index contributed by atoms with van der Waals surface area (Å²) in [5.41, 5.74) is 3.09. The van der Waals surface area contributed by atoms with Crippen LogP contribution < -0.4 is 0 Å². The predicted molar refractivity (Wildman–Crippen MR) is 90.8 cm³/mol. The third kappa shape index (κ3) is 2.66. The Labute approximate surface area is 142 Å². The summed E-state index contributed by atoms with van der Waals surface area (Å²) in [6.45, 7) is 0.796. The first kappa shape index (κ1) is 15.5. The van der Waals surface area contributed by atoms with Gasteiger partial charge in [-0.05, 0) is 50.7 Å². The molecule has 1 aliphatic carbocycles. The molecular formula is C19H25N3O2. The monoisotopic (exact) mass is 327 g/mol. The highest BCUT2D eigenvalue weighted by Gasteiger charge is 2.33. The molecular weight excluding hydrogens is 302 g/mol. The molecule has 0 bridgehead atoms. The Balaban J connectivity index is 1.70. The number of carbonyl (C=O) groups excluding carboxylic acids is 1. The Kier molecular flexibility index (Phi) is 4.17. The van der Waals surface area contributed by atoms with Gasteiger partial charge in [0.05, 0.1) is 18.0 Å². The van der Waals surface area contributed by atoms with Gasteiger partial charge in [-0.15, -0.1) is 0 Å². The van der Waals surface area contributed by atoms with Gasteiger partial charge in [-0.25, -0.2) is 0 Å². The van der Waals surface area contributed by atoms with Gasteiger partial charge in [-0.1, -0.05) is 12.8 Å². The Morgan fingerprint density at radius 2 is 2.08 bits per heavy atom. The summed E-state index contributed by atoms with van der Waals surface area (Å²) in [7, 11) is 1.91. The van der Waals surface area contributed by atoms with Crippen molar-refractivity contribution in [3.8, 4) is 0 Å². The summed E-state index contributed by atoms with van der Waals surface area (Å²) in [5.74, 6) is 1.03. The molecule has 0 spiro atoms. The van der Waals surface area contributed by atoms with Crippen LogP contribution in [0.25, 0.3) is 0 Å². The van der Waals surface area contributed by atoms with Crippen LogP contribution in [0.1, 0.15) is 72.1 Å². The number of fused-ring (bicyclic) bond motifs is 1. The number of carbonyl (C=O) groups is 1. The Hall–Kier alpha value is -2.04. The van der Waals surface area contributed by atoms with E-state index in [4.69, 9.17) is 4.42 Å². The molecule has 5 nitrogen and oxygen atoms in total. The lowest BCUT2D eigenvalue weighted by Gasteiger charge is -2.29. The summed E-state index contributed by atoms with van der Waals surface area (Å²) < 4.78 is 7.46. The van der Waals surface area contributed by atoms with Crippen molar-refractivity contribution in [2.45, 2.75) is 57.4 Å². The number of hydrogen-bond donors (Lipinski definition) is 0. The Morgan fingerprint density at radius 3 is 2.92 bits per heavy atom. The minimum Gasteiger partial charge on any atom is -0.467 e. The van der Waals surface area contributed by atoms with Crippen molar-refractivity contribution in [2.75, 3.05) is 6.54 Å². The Bertz CT molecular complexity index is 717. The highest BCUT2D eigenvalue weighted by molar-refractivity contribution is 5.94. The fourth-order valence-electron chi connectivity index (χ4n) is 4.21. The lowest BCUT2D eigenvalue weighted by atomic mass is 9.95. The van der Waals surface area contributed by atoms with Crippen molar-refractivity contribution < 1.29 is 9.21 Å². The number of likely N-dealkylation sites (tertiary alicyclic amines) is 1. The molecule has 2 aliphatic rings. The maximum atomic E-state index is 13.4. The molecule has 2 aromatic rings. The number of hydrogen-bond acceptors (Lipinski definition) is 3. The quantitative estimate of drug-likeness (QED) is 0.846. The summed E-state index contributed by atoms with van der Waals surface area (Å²) in [6, 6.07) is 3.95. The van der Waals surface area contributed by atoms with Crippen LogP contribution in [0.4, 0.5) is 0 Å². The molecule has 1 saturated heterocycles. The van der Waals surface area contributed by atoms with Crippen molar-refractivity contribution in [1.29, 1.82) is 0 Å². The van der Waals surface area contributed by atoms with Gasteiger partial charge in [0.1, 0.15) is 11.5 Å². The third-order valence-electron chi connectivity index (χ3n) is 5.41. The molecule has 128 valence electrons. The molecule has 4 rings (SSSR count). The van der Waals surface area contributed by atoms with E-state index in [0.29, 0.717) is 0 Å². The molecule has 5 heteroatoms. The summed E-state index contributed by atoms with van der Waals surface area (Å²) in [5, 5.41) is 4.62. The molecule has 0 N–H and O–H groups in total. The SMILES string of the molecule is Cn1nc2c(c1C(=O)N1CCCCC[C@H]1c1ccco1)CCCC2. The first-order valence-corrected chi connectivity index (χ1v) is 9.15. The molecule has 1 aliphatic heterocycles. The number of nitrogens with zero attached hydrogens (tertiary/aromatic N) is 3. The van der Waals surface area contributed by atoms with Gasteiger partial charge in [-0.2, -0.15) is 5.10 Å². The lowest BCUT2D eigenvalue weighted by molar-refractivity contribution is 0.0646. The smallest absolute Gasteiger partial charge is 0.273 e. The molecule has 1 amide bonds. The van der Waals surface area contributed by atoms with Gasteiger partial charge < -0.3 is 9.32 Å². The van der Waals surface area contributed by atoms with Crippen LogP contribution in [0.5, 0.6) is 0 Å². The van der Waals surface area contributed by atoms with Crippen LogP contribution in [0.3, 0.4) is 0 Å². The zero-order chi connectivity index (χ0) is 16.5. The first-order chi connectivity index (χ1) is 11.8. The van der Waals surface area contributed by atoms with Crippen LogP contribution in [0, 0.1) is 0 Å². The molecule has 2 aromatic heterocycles. The van der Waals surface area contributed by atoms with Crippen molar-refractivity contribution >= 4 is 5.91 Å². The maximum Gasteiger partial charge on any atom is 0.273 e. The van der Waals surface area contributed by atoms with Gasteiger partial charge in [0.2, 0.25) is 0 Å². The zero-order valence-corrected chi connectivity index (χ0v) is 14.3. The van der Waals surface area contributed by atoms with E-state index in [9.17, 15) is 4.79 Å². The van der Waals surface area contributed by atoms with E-state index >= 15 is 0 Å². The number of aryl methyl sites for hydroxylation is 2. The Morgan fingerprint density at radius 1 is 1.21 bits per heavy atom. The molecule has 1 fully saturated rings. The minimum absolute atomic E-state index is 0.0455. The average molecular weight is 327 g/mol. The van der Waals surface area contributed by atoms with Crippen LogP contribution in [-0.4, -0.2) is 27.1 Å². The van der Waals surface area contributed by atoms with Crippen molar-refractivity contribution in [2.24, 2.45) is 7.05 Å². The topological polar surface area (TPSA) is 51.3 Å². The molecule has 0 saturated carbocycles. The second-order valence-corrected chi connectivity index (χ2v) is 6.98. The van der Waals surface area contributed by atoms with Gasteiger partial charge in [0.25, 0.3) is 5.91 Å². The second kappa shape index (κ2) is 6.46. The molecule has 0 radical (unpaired) electrons. The zero-order valence-electron chi connectivity index (χ0n) is 14.3. The van der Waals surface area contributed by atoms with E-state index < -0.39 is 0 Å². The average Bonchev–Trinajstić information content (AvgIpc) is 3.15. The van der Waals surface area contributed by atoms with Crippen LogP contribution in [0.15, 0.2) is 22.8 Å². The van der Waals surface area contributed by atoms with E-state index in [0.717, 1.165) is 62.2 Å². The molecule has 0 unspecified atom stereocenters. The van der Waals surface area contributed by atoms with Crippen molar-refractivity contribution in [1.82, 2.24) is 14.7 Å². The predicted octanol–water partition coefficient (Wildman–Crippen LogP) is 3.65. The molecule has 0 aromatic carbocycles.